The van der Waals surface area contributed by atoms with Gasteiger partial charge >= 0.3 is 6.03 Å². The van der Waals surface area contributed by atoms with Crippen molar-refractivity contribution in [1.29, 1.82) is 0 Å². The van der Waals surface area contributed by atoms with Crippen molar-refractivity contribution in [3.8, 4) is 5.75 Å². The highest BCUT2D eigenvalue weighted by molar-refractivity contribution is 6.34. The van der Waals surface area contributed by atoms with Crippen molar-refractivity contribution < 1.29 is 23.9 Å². The predicted molar refractivity (Wildman–Crippen MR) is 210 cm³/mol. The Balaban J connectivity index is 0.787. The summed E-state index contributed by atoms with van der Waals surface area (Å²) < 4.78 is 7.70. The Labute approximate surface area is 325 Å². The van der Waals surface area contributed by atoms with Crippen LogP contribution in [-0.4, -0.2) is 94.7 Å². The quantitative estimate of drug-likeness (QED) is 0.198. The predicted octanol–water partition coefficient (Wildman–Crippen LogP) is 6.46. The Hall–Kier alpha value is -5.01. The first-order valence-corrected chi connectivity index (χ1v) is 19.7. The highest BCUT2D eigenvalue weighted by Crippen LogP contribution is 2.54. The summed E-state index contributed by atoms with van der Waals surface area (Å²) in [7, 11) is 1.59. The normalized spacial score (nSPS) is 19.4. The topological polar surface area (TPSA) is 142 Å². The largest absolute Gasteiger partial charge is 0.494 e. The van der Waals surface area contributed by atoms with Gasteiger partial charge in [-0.15, -0.1) is 0 Å². The molecule has 5 amide bonds. The molecule has 1 aliphatic carbocycles. The first-order valence-electron chi connectivity index (χ1n) is 19.3. The second-order valence-electron chi connectivity index (χ2n) is 15.7. The number of carbonyl (C=O) groups excluding carboxylic acids is 4. The van der Waals surface area contributed by atoms with E-state index in [1.165, 1.54) is 24.2 Å². The van der Waals surface area contributed by atoms with Gasteiger partial charge in [0.2, 0.25) is 5.91 Å². The fourth-order valence-corrected chi connectivity index (χ4v) is 9.16. The van der Waals surface area contributed by atoms with E-state index in [1.807, 2.05) is 36.1 Å². The molecule has 3 saturated heterocycles. The van der Waals surface area contributed by atoms with Gasteiger partial charge in [0, 0.05) is 68.1 Å². The number of carbonyl (C=O) groups is 4. The third kappa shape index (κ3) is 7.77. The highest BCUT2D eigenvalue weighted by atomic mass is 35.5. The molecule has 4 fully saturated rings. The van der Waals surface area contributed by atoms with Gasteiger partial charge in [-0.05, 0) is 106 Å². The van der Waals surface area contributed by atoms with E-state index in [9.17, 15) is 19.2 Å². The Morgan fingerprint density at radius 1 is 1.02 bits per heavy atom. The highest BCUT2D eigenvalue weighted by Gasteiger charge is 2.46. The molecule has 0 unspecified atom stereocenters. The second kappa shape index (κ2) is 15.3. The van der Waals surface area contributed by atoms with Gasteiger partial charge in [0.05, 0.1) is 35.1 Å². The first-order chi connectivity index (χ1) is 26.6. The minimum Gasteiger partial charge on any atom is -0.494 e. The van der Waals surface area contributed by atoms with Crippen LogP contribution in [0.5, 0.6) is 5.75 Å². The van der Waals surface area contributed by atoms with Crippen LogP contribution in [0, 0.1) is 18.3 Å². The number of methoxy groups -OCH3 is 1. The number of nitrogens with zero attached hydrogens (tertiary/aromatic N) is 6. The van der Waals surface area contributed by atoms with Crippen LogP contribution in [-0.2, 0) is 4.79 Å². The minimum absolute atomic E-state index is 0.0478. The monoisotopic (exact) mass is 766 g/mol. The van der Waals surface area contributed by atoms with Gasteiger partial charge in [-0.1, -0.05) is 17.7 Å². The van der Waals surface area contributed by atoms with E-state index in [-0.39, 0.29) is 30.7 Å². The number of amides is 5. The lowest BCUT2D eigenvalue weighted by Gasteiger charge is -2.53. The van der Waals surface area contributed by atoms with Crippen LogP contribution >= 0.6 is 11.6 Å². The number of halogens is 1. The lowest BCUT2D eigenvalue weighted by Crippen LogP contribution is -2.50. The fourth-order valence-electron chi connectivity index (χ4n) is 8.94. The lowest BCUT2D eigenvalue weighted by molar-refractivity contribution is -0.120. The molecule has 4 aromatic rings. The molecule has 2 N–H and O–H groups in total. The van der Waals surface area contributed by atoms with Crippen LogP contribution in [0.25, 0.3) is 10.9 Å². The fraction of sp³-hybridized carbons (Fsp3) is 0.463. The SMILES string of the molecule is COc1cc2nn(C3CCN(CCC4CC5(CCN(C(=O)c6ccc(Cl)c(N7CCC(=O)NC7=O)c6)CC5)C4)CC3)cc2cc1NC(=O)c1cccc(C)n1. The number of hydrogen-bond acceptors (Lipinski definition) is 8. The molecule has 0 radical (unpaired) electrons. The summed E-state index contributed by atoms with van der Waals surface area (Å²) >= 11 is 6.41. The molecule has 3 aliphatic heterocycles. The number of piperidine rings is 2. The summed E-state index contributed by atoms with van der Waals surface area (Å²) in [5.74, 6) is 0.640. The number of aromatic nitrogens is 3. The maximum Gasteiger partial charge on any atom is 0.328 e. The van der Waals surface area contributed by atoms with Gasteiger partial charge in [-0.3, -0.25) is 29.3 Å². The summed E-state index contributed by atoms with van der Waals surface area (Å²) in [6.45, 7) is 6.73. The van der Waals surface area contributed by atoms with Crippen LogP contribution in [0.4, 0.5) is 16.2 Å². The number of urea groups is 1. The maximum atomic E-state index is 13.5. The number of imide groups is 1. The number of rotatable bonds is 9. The van der Waals surface area contributed by atoms with E-state index in [1.54, 1.807) is 31.4 Å². The van der Waals surface area contributed by atoms with Gasteiger partial charge in [0.15, 0.2) is 0 Å². The van der Waals surface area contributed by atoms with Crippen molar-refractivity contribution in [2.24, 2.45) is 11.3 Å². The van der Waals surface area contributed by atoms with Crippen LogP contribution < -0.4 is 20.3 Å². The molecule has 0 atom stereocenters. The Morgan fingerprint density at radius 2 is 1.80 bits per heavy atom. The smallest absolute Gasteiger partial charge is 0.328 e. The maximum absolute atomic E-state index is 13.5. The van der Waals surface area contributed by atoms with Gasteiger partial charge < -0.3 is 19.9 Å². The van der Waals surface area contributed by atoms with Crippen molar-refractivity contribution >= 4 is 57.6 Å². The molecule has 2 aromatic carbocycles. The van der Waals surface area contributed by atoms with Gasteiger partial charge in [-0.25, -0.2) is 9.78 Å². The Kier molecular flexibility index (Phi) is 10.2. The van der Waals surface area contributed by atoms with Crippen molar-refractivity contribution in [3.05, 3.63) is 76.7 Å². The average Bonchev–Trinajstić information content (AvgIpc) is 3.59. The van der Waals surface area contributed by atoms with Crippen LogP contribution in [0.15, 0.2) is 54.7 Å². The first kappa shape index (κ1) is 36.9. The molecular weight excluding hydrogens is 720 g/mol. The summed E-state index contributed by atoms with van der Waals surface area (Å²) in [5, 5.41) is 11.5. The molecule has 1 spiro atoms. The van der Waals surface area contributed by atoms with Crippen molar-refractivity contribution in [2.75, 3.05) is 56.6 Å². The number of nitrogens with one attached hydrogen (secondary N) is 2. The number of hydrogen-bond donors (Lipinski definition) is 2. The molecule has 1 saturated carbocycles. The van der Waals surface area contributed by atoms with Gasteiger partial charge in [0.25, 0.3) is 11.8 Å². The standard InChI is InChI=1S/C41H47ClN8O5/c1-26-4-3-5-32(43-26)38(52)44-34-20-29-25-50(46-33(29)22-36(34)55-2)30-9-15-47(16-10-30)14-8-27-23-41(24-27)12-18-48(19-13-41)39(53)28-6-7-31(42)35(21-28)49-17-11-37(51)45-40(49)54/h3-7,20-22,25,27,30H,8-19,23-24H2,1-2H3,(H,44,52)(H,45,51,54). The summed E-state index contributed by atoms with van der Waals surface area (Å²) in [4.78, 5) is 60.7. The number of ether oxygens (including phenoxy) is 1. The average molecular weight is 767 g/mol. The zero-order valence-electron chi connectivity index (χ0n) is 31.4. The van der Waals surface area contributed by atoms with Crippen molar-refractivity contribution in [1.82, 2.24) is 29.9 Å². The van der Waals surface area contributed by atoms with E-state index < -0.39 is 6.03 Å². The summed E-state index contributed by atoms with van der Waals surface area (Å²) in [6, 6.07) is 14.0. The van der Waals surface area contributed by atoms with E-state index in [0.717, 1.165) is 80.9 Å². The molecule has 5 heterocycles. The third-order valence-electron chi connectivity index (χ3n) is 12.1. The molecule has 4 aliphatic rings. The van der Waals surface area contributed by atoms with Crippen LogP contribution in [0.2, 0.25) is 5.02 Å². The summed E-state index contributed by atoms with van der Waals surface area (Å²) in [6.07, 6.45) is 10.0. The number of pyridine rings is 1. The van der Waals surface area contributed by atoms with E-state index in [2.05, 4.69) is 31.4 Å². The number of anilines is 2. The number of benzene rings is 2. The molecule has 288 valence electrons. The zero-order chi connectivity index (χ0) is 38.3. The van der Waals surface area contributed by atoms with Gasteiger partial charge in [0.1, 0.15) is 11.4 Å². The molecule has 2 aromatic heterocycles. The number of aryl methyl sites for hydroxylation is 1. The van der Waals surface area contributed by atoms with Crippen molar-refractivity contribution in [3.63, 3.8) is 0 Å². The zero-order valence-corrected chi connectivity index (χ0v) is 32.1. The number of likely N-dealkylation sites (tertiary alicyclic amines) is 2. The minimum atomic E-state index is -0.520. The summed E-state index contributed by atoms with van der Waals surface area (Å²) in [5.41, 5.74) is 3.85. The van der Waals surface area contributed by atoms with Gasteiger partial charge in [-0.2, -0.15) is 5.10 Å². The molecular formula is C41H47ClN8O5. The van der Waals surface area contributed by atoms with Crippen LogP contribution in [0.3, 0.4) is 0 Å². The van der Waals surface area contributed by atoms with E-state index in [4.69, 9.17) is 21.4 Å². The molecule has 8 rings (SSSR count). The lowest BCUT2D eigenvalue weighted by atomic mass is 9.57. The number of fused-ring (bicyclic) bond motifs is 1. The van der Waals surface area contributed by atoms with E-state index in [0.29, 0.717) is 44.9 Å². The molecule has 0 bridgehead atoms. The molecule has 55 heavy (non-hydrogen) atoms. The third-order valence-corrected chi connectivity index (χ3v) is 12.4. The molecule has 13 nitrogen and oxygen atoms in total. The second-order valence-corrected chi connectivity index (χ2v) is 16.1. The molecule has 14 heteroatoms. The van der Waals surface area contributed by atoms with Crippen LogP contribution in [0.1, 0.15) is 83.9 Å². The Bertz CT molecular complexity index is 2130. The van der Waals surface area contributed by atoms with E-state index >= 15 is 0 Å². The van der Waals surface area contributed by atoms with Crippen molar-refractivity contribution in [2.45, 2.75) is 64.3 Å². The Morgan fingerprint density at radius 3 is 2.53 bits per heavy atom.